The lowest BCUT2D eigenvalue weighted by Crippen LogP contribution is -2.04. The Balaban J connectivity index is 2.73. The second kappa shape index (κ2) is 5.92. The van der Waals surface area contributed by atoms with Crippen LogP contribution in [0.25, 0.3) is 0 Å². The van der Waals surface area contributed by atoms with Crippen LogP contribution in [0.1, 0.15) is 50.8 Å². The molecule has 0 aromatic heterocycles. The Morgan fingerprint density at radius 2 is 2.00 bits per heavy atom. The van der Waals surface area contributed by atoms with Gasteiger partial charge >= 0.3 is 0 Å². The zero-order valence-corrected chi connectivity index (χ0v) is 9.99. The first-order valence-electron chi connectivity index (χ1n) is 5.89. The average Bonchev–Trinajstić information content (AvgIpc) is 2.25. The smallest absolute Gasteiger partial charge is 0.120 e. The zero-order chi connectivity index (χ0) is 11.3. The third-order valence-electron chi connectivity index (χ3n) is 2.70. The van der Waals surface area contributed by atoms with Gasteiger partial charge in [-0.05, 0) is 29.9 Å². The Bertz CT molecular complexity index is 291. The standard InChI is InChI=1S/C14H21O/c1-4-5-7-12-8-6-9-13(10-12)14(15)11(2)3/h6,8-11,14H,4-5,7H2,1-3H3. The fourth-order valence-electron chi connectivity index (χ4n) is 1.69. The molecule has 1 rings (SSSR count). The van der Waals surface area contributed by atoms with Gasteiger partial charge in [0.25, 0.3) is 0 Å². The molecule has 0 heterocycles. The Morgan fingerprint density at radius 1 is 1.27 bits per heavy atom. The summed E-state index contributed by atoms with van der Waals surface area (Å²) in [5, 5.41) is 11.9. The van der Waals surface area contributed by atoms with Crippen molar-refractivity contribution in [2.75, 3.05) is 0 Å². The maximum absolute atomic E-state index is 11.9. The highest BCUT2D eigenvalue weighted by molar-refractivity contribution is 5.25. The van der Waals surface area contributed by atoms with Crippen molar-refractivity contribution in [3.63, 3.8) is 0 Å². The third-order valence-corrected chi connectivity index (χ3v) is 2.70. The van der Waals surface area contributed by atoms with Gasteiger partial charge in [-0.15, -0.1) is 0 Å². The fourth-order valence-corrected chi connectivity index (χ4v) is 1.69. The molecule has 1 radical (unpaired) electrons. The Labute approximate surface area is 93.1 Å². The summed E-state index contributed by atoms with van der Waals surface area (Å²) in [5.41, 5.74) is 2.24. The predicted molar refractivity (Wildman–Crippen MR) is 63.3 cm³/mol. The van der Waals surface area contributed by atoms with E-state index in [0.29, 0.717) is 0 Å². The summed E-state index contributed by atoms with van der Waals surface area (Å²) in [6.45, 7) is 6.15. The summed E-state index contributed by atoms with van der Waals surface area (Å²) < 4.78 is 0. The first-order valence-corrected chi connectivity index (χ1v) is 5.89. The van der Waals surface area contributed by atoms with E-state index in [0.717, 1.165) is 12.0 Å². The second-order valence-electron chi connectivity index (χ2n) is 4.51. The number of rotatable bonds is 5. The molecule has 0 N–H and O–H groups in total. The molecule has 1 nitrogen and oxygen atoms in total. The molecular formula is C14H21O. The van der Waals surface area contributed by atoms with Gasteiger partial charge in [0.05, 0.1) is 0 Å². The molecule has 0 amide bonds. The average molecular weight is 205 g/mol. The number of hydrogen-bond acceptors (Lipinski definition) is 0. The highest BCUT2D eigenvalue weighted by atomic mass is 16.3. The normalized spacial score (nSPS) is 13.1. The Kier molecular flexibility index (Phi) is 4.83. The van der Waals surface area contributed by atoms with Crippen LogP contribution >= 0.6 is 0 Å². The lowest BCUT2D eigenvalue weighted by Gasteiger charge is -2.13. The van der Waals surface area contributed by atoms with Crippen LogP contribution < -0.4 is 0 Å². The van der Waals surface area contributed by atoms with Crippen LogP contribution in [0, 0.1) is 5.92 Å². The van der Waals surface area contributed by atoms with Crippen LogP contribution in [0.3, 0.4) is 0 Å². The lowest BCUT2D eigenvalue weighted by atomic mass is 9.96. The van der Waals surface area contributed by atoms with E-state index in [1.165, 1.54) is 18.4 Å². The van der Waals surface area contributed by atoms with Gasteiger partial charge in [-0.3, -0.25) is 0 Å². The Hall–Kier alpha value is -0.820. The minimum Gasteiger partial charge on any atom is -0.228 e. The molecule has 0 aliphatic carbocycles. The molecule has 0 aliphatic rings. The SMILES string of the molecule is CCCCc1cccc(C([O])C(C)C)c1. The molecule has 0 saturated carbocycles. The summed E-state index contributed by atoms with van der Waals surface area (Å²) in [6, 6.07) is 8.15. The van der Waals surface area contributed by atoms with Crippen molar-refractivity contribution in [2.24, 2.45) is 5.92 Å². The number of hydrogen-bond donors (Lipinski definition) is 0. The van der Waals surface area contributed by atoms with E-state index in [1.54, 1.807) is 0 Å². The fraction of sp³-hybridized carbons (Fsp3) is 0.571. The molecule has 15 heavy (non-hydrogen) atoms. The van der Waals surface area contributed by atoms with E-state index in [-0.39, 0.29) is 5.92 Å². The van der Waals surface area contributed by atoms with Gasteiger partial charge < -0.3 is 0 Å². The molecule has 0 bridgehead atoms. The van der Waals surface area contributed by atoms with E-state index in [2.05, 4.69) is 19.1 Å². The lowest BCUT2D eigenvalue weighted by molar-refractivity contribution is 0.0487. The molecule has 1 unspecified atom stereocenters. The van der Waals surface area contributed by atoms with E-state index < -0.39 is 6.10 Å². The molecular weight excluding hydrogens is 184 g/mol. The summed E-state index contributed by atoms with van der Waals surface area (Å²) in [5.74, 6) is 0.173. The largest absolute Gasteiger partial charge is 0.228 e. The van der Waals surface area contributed by atoms with Crippen molar-refractivity contribution in [3.8, 4) is 0 Å². The predicted octanol–water partition coefficient (Wildman–Crippen LogP) is 4.16. The van der Waals surface area contributed by atoms with Gasteiger partial charge in [0.1, 0.15) is 6.10 Å². The minimum absolute atomic E-state index is 0.173. The van der Waals surface area contributed by atoms with Crippen LogP contribution in [0.5, 0.6) is 0 Å². The molecule has 0 aliphatic heterocycles. The molecule has 1 aromatic rings. The summed E-state index contributed by atoms with van der Waals surface area (Å²) >= 11 is 0. The van der Waals surface area contributed by atoms with Crippen molar-refractivity contribution >= 4 is 0 Å². The van der Waals surface area contributed by atoms with Gasteiger partial charge in [-0.1, -0.05) is 51.5 Å². The second-order valence-corrected chi connectivity index (χ2v) is 4.51. The summed E-state index contributed by atoms with van der Waals surface area (Å²) in [7, 11) is 0. The minimum atomic E-state index is -0.577. The number of unbranched alkanes of at least 4 members (excludes halogenated alkanes) is 1. The molecule has 0 saturated heterocycles. The topological polar surface area (TPSA) is 19.9 Å². The molecule has 0 fully saturated rings. The quantitative estimate of drug-likeness (QED) is 0.688. The van der Waals surface area contributed by atoms with Crippen molar-refractivity contribution in [2.45, 2.75) is 46.1 Å². The molecule has 1 aromatic carbocycles. The monoisotopic (exact) mass is 205 g/mol. The third kappa shape index (κ3) is 3.67. The van der Waals surface area contributed by atoms with E-state index in [1.807, 2.05) is 26.0 Å². The van der Waals surface area contributed by atoms with Gasteiger partial charge in [-0.25, -0.2) is 5.11 Å². The van der Waals surface area contributed by atoms with E-state index in [9.17, 15) is 5.11 Å². The van der Waals surface area contributed by atoms with Gasteiger partial charge in [-0.2, -0.15) is 0 Å². The van der Waals surface area contributed by atoms with E-state index >= 15 is 0 Å². The van der Waals surface area contributed by atoms with Crippen molar-refractivity contribution in [3.05, 3.63) is 35.4 Å². The van der Waals surface area contributed by atoms with Crippen LogP contribution in [-0.2, 0) is 11.5 Å². The van der Waals surface area contributed by atoms with Crippen molar-refractivity contribution < 1.29 is 5.11 Å². The van der Waals surface area contributed by atoms with Crippen LogP contribution in [0.15, 0.2) is 24.3 Å². The molecule has 1 atom stereocenters. The Morgan fingerprint density at radius 3 is 2.60 bits per heavy atom. The highest BCUT2D eigenvalue weighted by Crippen LogP contribution is 2.23. The maximum Gasteiger partial charge on any atom is 0.120 e. The maximum atomic E-state index is 11.9. The summed E-state index contributed by atoms with van der Waals surface area (Å²) in [6.07, 6.45) is 2.92. The molecule has 1 heteroatoms. The van der Waals surface area contributed by atoms with Gasteiger partial charge in [0.15, 0.2) is 0 Å². The van der Waals surface area contributed by atoms with Gasteiger partial charge in [0, 0.05) is 0 Å². The zero-order valence-electron chi connectivity index (χ0n) is 9.99. The van der Waals surface area contributed by atoms with Crippen molar-refractivity contribution in [1.82, 2.24) is 0 Å². The summed E-state index contributed by atoms with van der Waals surface area (Å²) in [4.78, 5) is 0. The van der Waals surface area contributed by atoms with Crippen LogP contribution in [-0.4, -0.2) is 0 Å². The first kappa shape index (κ1) is 12.3. The number of aryl methyl sites for hydroxylation is 1. The first-order chi connectivity index (χ1) is 7.15. The van der Waals surface area contributed by atoms with E-state index in [4.69, 9.17) is 0 Å². The van der Waals surface area contributed by atoms with Crippen LogP contribution in [0.2, 0.25) is 0 Å². The highest BCUT2D eigenvalue weighted by Gasteiger charge is 2.13. The molecule has 0 spiro atoms. The molecule has 83 valence electrons. The number of benzene rings is 1. The van der Waals surface area contributed by atoms with Crippen LogP contribution in [0.4, 0.5) is 0 Å². The van der Waals surface area contributed by atoms with Crippen molar-refractivity contribution in [1.29, 1.82) is 0 Å². The van der Waals surface area contributed by atoms with Gasteiger partial charge in [0.2, 0.25) is 0 Å².